The number of benzene rings is 2. The van der Waals surface area contributed by atoms with E-state index in [0.29, 0.717) is 19.5 Å². The second kappa shape index (κ2) is 8.58. The first-order valence-corrected chi connectivity index (χ1v) is 9.13. The number of nitrogens with one attached hydrogen (secondary N) is 1. The van der Waals surface area contributed by atoms with Crippen molar-refractivity contribution < 1.29 is 14.3 Å². The summed E-state index contributed by atoms with van der Waals surface area (Å²) < 4.78 is 5.46. The molecule has 1 aliphatic heterocycles. The number of primary amides is 1. The Balaban J connectivity index is 1.72. The van der Waals surface area contributed by atoms with Crippen molar-refractivity contribution in [3.05, 3.63) is 59.7 Å². The molecule has 0 saturated carbocycles. The highest BCUT2D eigenvalue weighted by Crippen LogP contribution is 2.26. The molecule has 0 spiro atoms. The fourth-order valence-electron chi connectivity index (χ4n) is 3.45. The van der Waals surface area contributed by atoms with Crippen LogP contribution in [0.1, 0.15) is 24.0 Å². The number of anilines is 1. The van der Waals surface area contributed by atoms with Gasteiger partial charge in [0.2, 0.25) is 5.91 Å². The Hall–Kier alpha value is -3.02. The number of nitrogens with zero attached hydrogens (tertiary/aromatic N) is 1. The fraction of sp³-hybridized carbons (Fsp3) is 0.333. The molecule has 3 amide bonds. The minimum Gasteiger partial charge on any atom is -0.496 e. The van der Waals surface area contributed by atoms with Gasteiger partial charge in [0.05, 0.1) is 13.0 Å². The summed E-state index contributed by atoms with van der Waals surface area (Å²) in [5.41, 5.74) is 8.25. The lowest BCUT2D eigenvalue weighted by molar-refractivity contribution is -0.121. The van der Waals surface area contributed by atoms with E-state index in [4.69, 9.17) is 10.5 Å². The lowest BCUT2D eigenvalue weighted by Crippen LogP contribution is -2.46. The molecule has 2 aromatic carbocycles. The van der Waals surface area contributed by atoms with Crippen LogP contribution in [0.4, 0.5) is 10.5 Å². The molecule has 1 saturated heterocycles. The van der Waals surface area contributed by atoms with Gasteiger partial charge in [0, 0.05) is 30.8 Å². The van der Waals surface area contributed by atoms with Crippen molar-refractivity contribution in [2.75, 3.05) is 25.5 Å². The SMILES string of the molecule is COc1ccc(NC(=O)[C@@H]2CCCN(C(N)=O)C2)cc1Cc1ccccc1. The third-order valence-corrected chi connectivity index (χ3v) is 4.89. The molecular weight excluding hydrogens is 342 g/mol. The Bertz CT molecular complexity index is 808. The molecule has 6 heteroatoms. The summed E-state index contributed by atoms with van der Waals surface area (Å²) in [4.78, 5) is 25.5. The van der Waals surface area contributed by atoms with Crippen LogP contribution in [0, 0.1) is 5.92 Å². The maximum absolute atomic E-state index is 12.6. The highest BCUT2D eigenvalue weighted by molar-refractivity contribution is 5.93. The largest absolute Gasteiger partial charge is 0.496 e. The van der Waals surface area contributed by atoms with Gasteiger partial charge in [-0.2, -0.15) is 0 Å². The average molecular weight is 367 g/mol. The van der Waals surface area contributed by atoms with Gasteiger partial charge in [-0.05, 0) is 36.6 Å². The molecule has 6 nitrogen and oxygen atoms in total. The molecule has 0 unspecified atom stereocenters. The minimum absolute atomic E-state index is 0.0863. The highest BCUT2D eigenvalue weighted by atomic mass is 16.5. The number of hydrogen-bond acceptors (Lipinski definition) is 3. The molecule has 3 N–H and O–H groups in total. The molecule has 2 aromatic rings. The number of methoxy groups -OCH3 is 1. The number of rotatable bonds is 5. The van der Waals surface area contributed by atoms with E-state index in [0.717, 1.165) is 29.8 Å². The molecule has 0 aliphatic carbocycles. The minimum atomic E-state index is -0.470. The first-order chi connectivity index (χ1) is 13.1. The van der Waals surface area contributed by atoms with Crippen LogP contribution in [0.15, 0.2) is 48.5 Å². The van der Waals surface area contributed by atoms with E-state index in [1.165, 1.54) is 10.5 Å². The molecule has 3 rings (SSSR count). The van der Waals surface area contributed by atoms with Crippen molar-refractivity contribution in [1.29, 1.82) is 0 Å². The van der Waals surface area contributed by atoms with Crippen LogP contribution < -0.4 is 15.8 Å². The van der Waals surface area contributed by atoms with Gasteiger partial charge in [0.25, 0.3) is 0 Å². The van der Waals surface area contributed by atoms with Gasteiger partial charge < -0.3 is 20.7 Å². The van der Waals surface area contributed by atoms with Crippen LogP contribution >= 0.6 is 0 Å². The second-order valence-electron chi connectivity index (χ2n) is 6.80. The monoisotopic (exact) mass is 367 g/mol. The van der Waals surface area contributed by atoms with Crippen LogP contribution in [-0.4, -0.2) is 37.0 Å². The maximum Gasteiger partial charge on any atom is 0.314 e. The van der Waals surface area contributed by atoms with Gasteiger partial charge in [0.15, 0.2) is 0 Å². The van der Waals surface area contributed by atoms with Crippen LogP contribution in [-0.2, 0) is 11.2 Å². The van der Waals surface area contributed by atoms with E-state index in [-0.39, 0.29) is 11.8 Å². The Kier molecular flexibility index (Phi) is 5.96. The third kappa shape index (κ3) is 4.78. The van der Waals surface area contributed by atoms with Crippen molar-refractivity contribution in [1.82, 2.24) is 4.90 Å². The summed E-state index contributed by atoms with van der Waals surface area (Å²) in [6.45, 7) is 0.983. The van der Waals surface area contributed by atoms with Crippen LogP contribution in [0.3, 0.4) is 0 Å². The molecule has 27 heavy (non-hydrogen) atoms. The van der Waals surface area contributed by atoms with E-state index in [9.17, 15) is 9.59 Å². The van der Waals surface area contributed by atoms with Gasteiger partial charge in [-0.15, -0.1) is 0 Å². The van der Waals surface area contributed by atoms with Gasteiger partial charge in [-0.1, -0.05) is 30.3 Å². The molecule has 1 heterocycles. The summed E-state index contributed by atoms with van der Waals surface area (Å²) in [6.07, 6.45) is 2.25. The molecule has 0 radical (unpaired) electrons. The number of amides is 3. The summed E-state index contributed by atoms with van der Waals surface area (Å²) in [5.74, 6) is 0.456. The topological polar surface area (TPSA) is 84.7 Å². The van der Waals surface area contributed by atoms with Crippen molar-refractivity contribution in [3.8, 4) is 5.75 Å². The van der Waals surface area contributed by atoms with Crippen molar-refractivity contribution in [2.24, 2.45) is 11.7 Å². The molecule has 0 aromatic heterocycles. The van der Waals surface area contributed by atoms with Gasteiger partial charge in [-0.25, -0.2) is 4.79 Å². The first-order valence-electron chi connectivity index (χ1n) is 9.13. The van der Waals surface area contributed by atoms with E-state index >= 15 is 0 Å². The van der Waals surface area contributed by atoms with Gasteiger partial charge >= 0.3 is 6.03 Å². The van der Waals surface area contributed by atoms with E-state index in [2.05, 4.69) is 17.4 Å². The number of piperidine rings is 1. The summed E-state index contributed by atoms with van der Waals surface area (Å²) in [5, 5.41) is 2.98. The number of hydrogen-bond donors (Lipinski definition) is 2. The molecule has 1 atom stereocenters. The quantitative estimate of drug-likeness (QED) is 0.852. The Morgan fingerprint density at radius 3 is 2.70 bits per heavy atom. The molecular formula is C21H25N3O3. The highest BCUT2D eigenvalue weighted by Gasteiger charge is 2.27. The number of ether oxygens (including phenoxy) is 1. The first kappa shape index (κ1) is 18.8. The Morgan fingerprint density at radius 1 is 1.22 bits per heavy atom. The number of urea groups is 1. The van der Waals surface area contributed by atoms with Crippen LogP contribution in [0.2, 0.25) is 0 Å². The zero-order valence-corrected chi connectivity index (χ0v) is 15.5. The zero-order valence-electron chi connectivity index (χ0n) is 15.5. The predicted molar refractivity (Wildman–Crippen MR) is 105 cm³/mol. The fourth-order valence-corrected chi connectivity index (χ4v) is 3.45. The summed E-state index contributed by atoms with van der Waals surface area (Å²) in [6, 6.07) is 15.3. The lowest BCUT2D eigenvalue weighted by Gasteiger charge is -2.30. The lowest BCUT2D eigenvalue weighted by atomic mass is 9.97. The number of carbonyl (C=O) groups is 2. The van der Waals surface area contributed by atoms with Crippen molar-refractivity contribution in [3.63, 3.8) is 0 Å². The van der Waals surface area contributed by atoms with Crippen molar-refractivity contribution in [2.45, 2.75) is 19.3 Å². The maximum atomic E-state index is 12.6. The van der Waals surface area contributed by atoms with E-state index < -0.39 is 6.03 Å². The average Bonchev–Trinajstić information content (AvgIpc) is 2.69. The number of carbonyl (C=O) groups excluding carboxylic acids is 2. The Morgan fingerprint density at radius 2 is 2.00 bits per heavy atom. The van der Waals surface area contributed by atoms with Crippen LogP contribution in [0.25, 0.3) is 0 Å². The smallest absolute Gasteiger partial charge is 0.314 e. The van der Waals surface area contributed by atoms with Gasteiger partial charge in [0.1, 0.15) is 5.75 Å². The molecule has 0 bridgehead atoms. The second-order valence-corrected chi connectivity index (χ2v) is 6.80. The van der Waals surface area contributed by atoms with Gasteiger partial charge in [-0.3, -0.25) is 4.79 Å². The number of nitrogens with two attached hydrogens (primary N) is 1. The molecule has 1 fully saturated rings. The molecule has 142 valence electrons. The third-order valence-electron chi connectivity index (χ3n) is 4.89. The van der Waals surface area contributed by atoms with E-state index in [1.807, 2.05) is 36.4 Å². The van der Waals surface area contributed by atoms with E-state index in [1.54, 1.807) is 7.11 Å². The standard InChI is InChI=1S/C21H25N3O3/c1-27-19-10-9-18(13-17(19)12-15-6-3-2-4-7-15)23-20(25)16-8-5-11-24(14-16)21(22)26/h2-4,6-7,9-10,13,16H,5,8,11-12,14H2,1H3,(H2,22,26)(H,23,25)/t16-/m1/s1. The molecule has 1 aliphatic rings. The number of likely N-dealkylation sites (tertiary alicyclic amines) is 1. The normalized spacial score (nSPS) is 16.6. The van der Waals surface area contributed by atoms with Crippen molar-refractivity contribution >= 4 is 17.6 Å². The predicted octanol–water partition coefficient (Wildman–Crippen LogP) is 3.02. The van der Waals surface area contributed by atoms with Crippen LogP contribution in [0.5, 0.6) is 5.75 Å². The zero-order chi connectivity index (χ0) is 19.2. The summed E-state index contributed by atoms with van der Waals surface area (Å²) >= 11 is 0. The summed E-state index contributed by atoms with van der Waals surface area (Å²) in [7, 11) is 1.64. The Labute approximate surface area is 159 Å².